The minimum Gasteiger partial charge on any atom is -0.497 e. The van der Waals surface area contributed by atoms with Crippen LogP contribution in [0.1, 0.15) is 11.3 Å². The smallest absolute Gasteiger partial charge is 0.331 e. The molecule has 0 aliphatic carbocycles. The molecule has 3 aromatic rings. The largest absolute Gasteiger partial charge is 0.497 e. The van der Waals surface area contributed by atoms with Crippen LogP contribution in [0, 0.1) is 12.7 Å². The van der Waals surface area contributed by atoms with E-state index in [1.807, 2.05) is 0 Å². The maximum atomic E-state index is 13.1. The van der Waals surface area contributed by atoms with Crippen LogP contribution in [0.4, 0.5) is 10.1 Å². The standard InChI is InChI=1S/C22H19ClFN3O4/c1-14-19(22(23)27(26-14)17-8-6-15(24)7-9-17)10-11-21(29)31-13-20(28)25-16-4-3-5-18(12-16)30-2/h3-12H,13H2,1-2H3,(H,25,28)/b11-10+. The van der Waals surface area contributed by atoms with Crippen LogP contribution in [0.15, 0.2) is 54.6 Å². The van der Waals surface area contributed by atoms with Gasteiger partial charge in [0.2, 0.25) is 0 Å². The minimum atomic E-state index is -0.717. The lowest BCUT2D eigenvalue weighted by Gasteiger charge is -2.07. The monoisotopic (exact) mass is 443 g/mol. The van der Waals surface area contributed by atoms with Gasteiger partial charge in [0.15, 0.2) is 6.61 Å². The fourth-order valence-electron chi connectivity index (χ4n) is 2.69. The molecule has 0 saturated carbocycles. The highest BCUT2D eigenvalue weighted by Gasteiger charge is 2.13. The number of rotatable bonds is 7. The molecule has 0 fully saturated rings. The highest BCUT2D eigenvalue weighted by molar-refractivity contribution is 6.31. The molecule has 1 amide bonds. The highest BCUT2D eigenvalue weighted by atomic mass is 35.5. The van der Waals surface area contributed by atoms with Crippen molar-refractivity contribution in [2.24, 2.45) is 0 Å². The lowest BCUT2D eigenvalue weighted by molar-refractivity contribution is -0.142. The maximum Gasteiger partial charge on any atom is 0.331 e. The van der Waals surface area contributed by atoms with Crippen LogP contribution in [0.2, 0.25) is 5.15 Å². The van der Waals surface area contributed by atoms with E-state index in [1.165, 1.54) is 42.1 Å². The molecule has 0 aliphatic rings. The molecule has 0 atom stereocenters. The number of aryl methyl sites for hydroxylation is 1. The summed E-state index contributed by atoms with van der Waals surface area (Å²) in [5, 5.41) is 7.17. The first-order chi connectivity index (χ1) is 14.9. The Hall–Kier alpha value is -3.65. The first kappa shape index (κ1) is 22.0. The summed E-state index contributed by atoms with van der Waals surface area (Å²) in [5.74, 6) is -0.993. The molecule has 0 spiro atoms. The third-order valence-electron chi connectivity index (χ3n) is 4.20. The van der Waals surface area contributed by atoms with Crippen LogP contribution in [0.25, 0.3) is 11.8 Å². The van der Waals surface area contributed by atoms with E-state index in [0.717, 1.165) is 6.08 Å². The number of methoxy groups -OCH3 is 1. The van der Waals surface area contributed by atoms with Gasteiger partial charge in [0.05, 0.1) is 18.5 Å². The molecule has 9 heteroatoms. The van der Waals surface area contributed by atoms with E-state index in [9.17, 15) is 14.0 Å². The molecule has 0 bridgehead atoms. The molecule has 1 heterocycles. The van der Waals surface area contributed by atoms with Gasteiger partial charge in [-0.25, -0.2) is 13.9 Å². The van der Waals surface area contributed by atoms with Crippen molar-refractivity contribution < 1.29 is 23.5 Å². The molecule has 3 rings (SSSR count). The Morgan fingerprint density at radius 1 is 1.23 bits per heavy atom. The van der Waals surface area contributed by atoms with Crippen molar-refractivity contribution >= 4 is 35.2 Å². The minimum absolute atomic E-state index is 0.254. The number of nitrogens with zero attached hydrogens (tertiary/aromatic N) is 2. The molecule has 1 aromatic heterocycles. The van der Waals surface area contributed by atoms with Crippen molar-refractivity contribution in [2.45, 2.75) is 6.92 Å². The third kappa shape index (κ3) is 5.70. The van der Waals surface area contributed by atoms with E-state index in [1.54, 1.807) is 31.2 Å². The van der Waals surface area contributed by atoms with Crippen LogP contribution in [-0.4, -0.2) is 35.4 Å². The lowest BCUT2D eigenvalue weighted by atomic mass is 10.2. The van der Waals surface area contributed by atoms with Crippen molar-refractivity contribution in [3.05, 3.63) is 76.8 Å². The molecular weight excluding hydrogens is 425 g/mol. The number of esters is 1. The number of benzene rings is 2. The second kappa shape index (κ2) is 9.90. The van der Waals surface area contributed by atoms with Gasteiger partial charge >= 0.3 is 5.97 Å². The quantitative estimate of drug-likeness (QED) is 0.437. The van der Waals surface area contributed by atoms with Gasteiger partial charge in [0.1, 0.15) is 16.7 Å². The third-order valence-corrected chi connectivity index (χ3v) is 4.57. The van der Waals surface area contributed by atoms with Gasteiger partial charge in [0, 0.05) is 23.4 Å². The summed E-state index contributed by atoms with van der Waals surface area (Å²) in [4.78, 5) is 24.0. The number of aromatic nitrogens is 2. The molecular formula is C22H19ClFN3O4. The van der Waals surface area contributed by atoms with Gasteiger partial charge in [-0.05, 0) is 49.4 Å². The predicted octanol–water partition coefficient (Wildman–Crippen LogP) is 4.18. The Kier molecular flexibility index (Phi) is 7.04. The number of hydrogen-bond donors (Lipinski definition) is 1. The molecule has 0 radical (unpaired) electrons. The van der Waals surface area contributed by atoms with E-state index < -0.39 is 18.5 Å². The summed E-state index contributed by atoms with van der Waals surface area (Å²) in [6, 6.07) is 12.5. The topological polar surface area (TPSA) is 82.4 Å². The molecule has 31 heavy (non-hydrogen) atoms. The van der Waals surface area contributed by atoms with Gasteiger partial charge in [-0.1, -0.05) is 17.7 Å². The van der Waals surface area contributed by atoms with Gasteiger partial charge in [-0.15, -0.1) is 0 Å². The summed E-state index contributed by atoms with van der Waals surface area (Å²) in [6.07, 6.45) is 2.61. The lowest BCUT2D eigenvalue weighted by Crippen LogP contribution is -2.20. The normalized spacial score (nSPS) is 10.8. The number of anilines is 1. The fraction of sp³-hybridized carbons (Fsp3) is 0.136. The zero-order valence-electron chi connectivity index (χ0n) is 16.8. The number of carbonyl (C=O) groups excluding carboxylic acids is 2. The number of hydrogen-bond acceptors (Lipinski definition) is 5. The average Bonchev–Trinajstić information content (AvgIpc) is 3.04. The van der Waals surface area contributed by atoms with Crippen LogP contribution >= 0.6 is 11.6 Å². The number of nitrogens with one attached hydrogen (secondary N) is 1. The molecule has 160 valence electrons. The SMILES string of the molecule is COc1cccc(NC(=O)COC(=O)/C=C/c2c(C)nn(-c3ccc(F)cc3)c2Cl)c1. The van der Waals surface area contributed by atoms with Crippen molar-refractivity contribution in [1.82, 2.24) is 9.78 Å². The Bertz CT molecular complexity index is 1130. The van der Waals surface area contributed by atoms with Crippen molar-refractivity contribution in [1.29, 1.82) is 0 Å². The Morgan fingerprint density at radius 2 is 1.97 bits per heavy atom. The second-order valence-corrected chi connectivity index (χ2v) is 6.76. The highest BCUT2D eigenvalue weighted by Crippen LogP contribution is 2.25. The zero-order valence-corrected chi connectivity index (χ0v) is 17.5. The molecule has 0 saturated heterocycles. The van der Waals surface area contributed by atoms with Gasteiger partial charge in [-0.2, -0.15) is 5.10 Å². The van der Waals surface area contributed by atoms with E-state index >= 15 is 0 Å². The molecule has 0 unspecified atom stereocenters. The van der Waals surface area contributed by atoms with Gasteiger partial charge in [0.25, 0.3) is 5.91 Å². The van der Waals surface area contributed by atoms with Crippen molar-refractivity contribution in [3.63, 3.8) is 0 Å². The summed E-state index contributed by atoms with van der Waals surface area (Å²) in [7, 11) is 1.52. The number of amides is 1. The molecule has 0 aliphatic heterocycles. The van der Waals surface area contributed by atoms with E-state index in [-0.39, 0.29) is 11.0 Å². The van der Waals surface area contributed by atoms with Crippen LogP contribution in [-0.2, 0) is 14.3 Å². The molecule has 2 aromatic carbocycles. The fourth-order valence-corrected chi connectivity index (χ4v) is 3.02. The zero-order chi connectivity index (χ0) is 22.4. The first-order valence-corrected chi connectivity index (χ1v) is 9.55. The van der Waals surface area contributed by atoms with Crippen LogP contribution in [0.5, 0.6) is 5.75 Å². The number of ether oxygens (including phenoxy) is 2. The van der Waals surface area contributed by atoms with E-state index in [2.05, 4.69) is 10.4 Å². The van der Waals surface area contributed by atoms with E-state index in [4.69, 9.17) is 21.1 Å². The molecule has 7 nitrogen and oxygen atoms in total. The van der Waals surface area contributed by atoms with Gasteiger partial charge in [-0.3, -0.25) is 4.79 Å². The maximum absolute atomic E-state index is 13.1. The summed E-state index contributed by atoms with van der Waals surface area (Å²) < 4.78 is 24.6. The van der Waals surface area contributed by atoms with Gasteiger partial charge < -0.3 is 14.8 Å². The first-order valence-electron chi connectivity index (χ1n) is 9.17. The van der Waals surface area contributed by atoms with Crippen molar-refractivity contribution in [3.8, 4) is 11.4 Å². The molecule has 1 N–H and O–H groups in total. The summed E-state index contributed by atoms with van der Waals surface area (Å²) in [5.41, 5.74) is 2.16. The Morgan fingerprint density at radius 3 is 2.68 bits per heavy atom. The Balaban J connectivity index is 1.59. The van der Waals surface area contributed by atoms with Crippen LogP contribution in [0.3, 0.4) is 0 Å². The van der Waals surface area contributed by atoms with Crippen LogP contribution < -0.4 is 10.1 Å². The Labute approximate surface area is 183 Å². The summed E-state index contributed by atoms with van der Waals surface area (Å²) in [6.45, 7) is 1.26. The average molecular weight is 444 g/mol. The van der Waals surface area contributed by atoms with Crippen molar-refractivity contribution in [2.75, 3.05) is 19.0 Å². The number of halogens is 2. The van der Waals surface area contributed by atoms with E-state index in [0.29, 0.717) is 28.4 Å². The number of carbonyl (C=O) groups is 2. The second-order valence-electron chi connectivity index (χ2n) is 6.40. The predicted molar refractivity (Wildman–Crippen MR) is 115 cm³/mol. The summed E-state index contributed by atoms with van der Waals surface area (Å²) >= 11 is 6.36.